The summed E-state index contributed by atoms with van der Waals surface area (Å²) in [6.45, 7) is -4.55. The van der Waals surface area contributed by atoms with Gasteiger partial charge in [0.15, 0.2) is 0 Å². The monoisotopic (exact) mass is 792 g/mol. The van der Waals surface area contributed by atoms with Gasteiger partial charge < -0.3 is 66.0 Å². The molecule has 0 fully saturated rings. The van der Waals surface area contributed by atoms with E-state index in [-0.39, 0.29) is 0 Å². The fourth-order valence-corrected chi connectivity index (χ4v) is 7.87. The molecule has 0 heterocycles. The van der Waals surface area contributed by atoms with Crippen molar-refractivity contribution in [3.63, 3.8) is 0 Å². The molecule has 0 bridgehead atoms. The highest BCUT2D eigenvalue weighted by molar-refractivity contribution is 7.82. The molecule has 48 heavy (non-hydrogen) atoms. The first-order valence-corrected chi connectivity index (χ1v) is 16.2. The topological polar surface area (TPSA) is 337 Å². The van der Waals surface area contributed by atoms with E-state index in [0.29, 0.717) is 0 Å². The van der Waals surface area contributed by atoms with Crippen molar-refractivity contribution in [2.24, 2.45) is 10.8 Å². The predicted molar refractivity (Wildman–Crippen MR) is 181 cm³/mol. The van der Waals surface area contributed by atoms with Gasteiger partial charge in [0, 0.05) is 21.0 Å². The lowest BCUT2D eigenvalue weighted by molar-refractivity contribution is -0.254. The minimum atomic E-state index is -3.03. The van der Waals surface area contributed by atoms with Crippen LogP contribution in [0.5, 0.6) is 0 Å². The molecule has 282 valence electrons. The second kappa shape index (κ2) is 21.9. The zero-order valence-electron chi connectivity index (χ0n) is 25.2. The van der Waals surface area contributed by atoms with Gasteiger partial charge in [-0.3, -0.25) is 24.0 Å². The number of rotatable bonds is 24. The zero-order valence-corrected chi connectivity index (χ0v) is 29.7. The van der Waals surface area contributed by atoms with E-state index >= 15 is 0 Å². The molecule has 0 aromatic heterocycles. The Morgan fingerprint density at radius 2 is 0.750 bits per heavy atom. The summed E-state index contributed by atoms with van der Waals surface area (Å²) >= 11 is 20.7. The highest BCUT2D eigenvalue weighted by atomic mass is 32.1. The lowest BCUT2D eigenvalue weighted by atomic mass is 9.55. The summed E-state index contributed by atoms with van der Waals surface area (Å²) in [5.74, 6) is -7.83. The largest absolute Gasteiger partial charge is 0.481 e. The van der Waals surface area contributed by atoms with E-state index in [0.717, 1.165) is 0 Å². The van der Waals surface area contributed by atoms with Crippen molar-refractivity contribution in [3.05, 3.63) is 0 Å². The van der Waals surface area contributed by atoms with Gasteiger partial charge in [0.05, 0.1) is 82.6 Å². The molecule has 0 amide bonds. The second-order valence-electron chi connectivity index (χ2n) is 10.8. The Morgan fingerprint density at radius 1 is 0.479 bits per heavy atom. The summed E-state index contributed by atoms with van der Waals surface area (Å²) in [5.41, 5.74) is -11.5. The number of ether oxygens (including phenoxy) is 1. The van der Waals surface area contributed by atoms with Crippen molar-refractivity contribution in [2.45, 2.75) is 69.7 Å². The summed E-state index contributed by atoms with van der Waals surface area (Å²) in [6.07, 6.45) is -5.06. The Morgan fingerprint density at radius 3 is 0.958 bits per heavy atom. The molecule has 0 aliphatic heterocycles. The van der Waals surface area contributed by atoms with Crippen molar-refractivity contribution in [3.8, 4) is 0 Å². The van der Waals surface area contributed by atoms with Crippen molar-refractivity contribution in [1.82, 2.24) is 0 Å². The standard InChI is InChI=1S/C20H32O14S5.C5H12O4/c21-6-18(7-22,19(33,8(35)1-12(23)24)9(36)2-13(25)26)20(10(37)3-14(27)28,11(38)4-15(29)30)34-17(39)5-16(31)32;6-1-5(2-7,3-8)4-9/h8-11,17,21-22,33,35-39H,1-7H2,(H,23,24)(H,25,26)(H,27,28)(H,29,30)(H,31,32);6-9H,1-4H2. The van der Waals surface area contributed by atoms with Crippen LogP contribution in [0.1, 0.15) is 32.1 Å². The number of hydrogen-bond acceptors (Lipinski definition) is 18. The molecule has 0 aliphatic rings. The summed E-state index contributed by atoms with van der Waals surface area (Å²) in [7, 11) is 0. The normalized spacial score (nSPS) is 17.7. The van der Waals surface area contributed by atoms with Gasteiger partial charge in [0.25, 0.3) is 0 Å². The Kier molecular flexibility index (Phi) is 22.3. The molecule has 0 saturated carbocycles. The minimum absolute atomic E-state index is 0.406. The zero-order chi connectivity index (χ0) is 38.3. The minimum Gasteiger partial charge on any atom is -0.481 e. The lowest BCUT2D eigenvalue weighted by Gasteiger charge is -2.62. The lowest BCUT2D eigenvalue weighted by Crippen LogP contribution is -2.78. The Labute approximate surface area is 302 Å². The summed E-state index contributed by atoms with van der Waals surface area (Å²) in [5, 5.41) is 107. The molecule has 23 heteroatoms. The smallest absolute Gasteiger partial charge is 0.306 e. The van der Waals surface area contributed by atoms with Gasteiger partial charge in [-0.15, -0.1) is 12.6 Å². The first kappa shape index (κ1) is 48.9. The molecular formula is C25H44O18S5. The molecule has 0 saturated heterocycles. The first-order valence-electron chi connectivity index (χ1n) is 13.6. The molecule has 0 aromatic rings. The predicted octanol–water partition coefficient (Wildman–Crippen LogP) is -2.79. The van der Waals surface area contributed by atoms with Crippen molar-refractivity contribution in [1.29, 1.82) is 0 Å². The van der Waals surface area contributed by atoms with Crippen LogP contribution in [0.4, 0.5) is 0 Å². The molecule has 0 aliphatic carbocycles. The highest BCUT2D eigenvalue weighted by Gasteiger charge is 2.71. The number of carbonyl (C=O) groups is 5. The molecule has 18 nitrogen and oxygen atoms in total. The van der Waals surface area contributed by atoms with Crippen LogP contribution in [0.3, 0.4) is 0 Å². The number of aliphatic hydroxyl groups is 7. The maximum Gasteiger partial charge on any atom is 0.306 e. The van der Waals surface area contributed by atoms with Crippen molar-refractivity contribution < 1.29 is 90.0 Å². The van der Waals surface area contributed by atoms with Gasteiger partial charge in [-0.25, -0.2) is 0 Å². The Balaban J connectivity index is 0. The molecule has 0 aromatic carbocycles. The van der Waals surface area contributed by atoms with Gasteiger partial charge in [-0.05, 0) is 0 Å². The Bertz CT molecular complexity index is 995. The van der Waals surface area contributed by atoms with Crippen LogP contribution in [-0.2, 0) is 28.7 Å². The van der Waals surface area contributed by atoms with Crippen LogP contribution in [0.2, 0.25) is 0 Å². The third-order valence-electron chi connectivity index (χ3n) is 7.55. The van der Waals surface area contributed by atoms with E-state index in [9.17, 15) is 64.8 Å². The van der Waals surface area contributed by atoms with Crippen molar-refractivity contribution >= 4 is 93.0 Å². The Hall–Kier alpha value is -1.22. The summed E-state index contributed by atoms with van der Waals surface area (Å²) in [6, 6.07) is 0. The van der Waals surface area contributed by atoms with Gasteiger partial charge >= 0.3 is 29.8 Å². The van der Waals surface area contributed by atoms with Gasteiger partial charge in [-0.2, -0.15) is 50.5 Å². The number of thiol groups is 5. The molecule has 5 atom stereocenters. The third kappa shape index (κ3) is 12.2. The maximum atomic E-state index is 12.2. The number of aliphatic hydroxyl groups excluding tert-OH is 6. The van der Waals surface area contributed by atoms with Gasteiger partial charge in [0.2, 0.25) is 0 Å². The average Bonchev–Trinajstić information content (AvgIpc) is 2.96. The number of carboxylic acid groups (broad SMARTS) is 5. The second-order valence-corrected chi connectivity index (χ2v) is 13.8. The fourth-order valence-electron chi connectivity index (χ4n) is 4.85. The quantitative estimate of drug-likeness (QED) is 0.0347. The van der Waals surface area contributed by atoms with E-state index < -0.39 is 150 Å². The SMILES string of the molecule is O=C(O)CC(S)OC(C(S)CC(=O)O)(C(S)CC(=O)O)C(CO)(CO)C(O)(C(S)CC(=O)O)C(S)CC(=O)O.OCC(CO)(CO)CO. The summed E-state index contributed by atoms with van der Waals surface area (Å²) < 4.78 is 5.84. The van der Waals surface area contributed by atoms with E-state index in [4.69, 9.17) is 25.2 Å². The molecule has 5 unspecified atom stereocenters. The van der Waals surface area contributed by atoms with E-state index in [1.165, 1.54) is 0 Å². The molecular weight excluding hydrogens is 749 g/mol. The summed E-state index contributed by atoms with van der Waals surface area (Å²) in [4.78, 5) is 58.0. The number of aliphatic carboxylic acids is 5. The molecule has 12 N–H and O–H groups in total. The van der Waals surface area contributed by atoms with Crippen molar-refractivity contribution in [2.75, 3.05) is 39.6 Å². The first-order chi connectivity index (χ1) is 22.0. The van der Waals surface area contributed by atoms with Crippen LogP contribution in [0.15, 0.2) is 0 Å². The fraction of sp³-hybridized carbons (Fsp3) is 0.800. The van der Waals surface area contributed by atoms with Crippen LogP contribution in [-0.4, -0.2) is 168 Å². The number of carboxylic acids is 5. The molecule has 0 spiro atoms. The highest BCUT2D eigenvalue weighted by Crippen LogP contribution is 2.57. The molecule has 0 radical (unpaired) electrons. The van der Waals surface area contributed by atoms with Crippen LogP contribution in [0, 0.1) is 10.8 Å². The van der Waals surface area contributed by atoms with Gasteiger partial charge in [-0.1, -0.05) is 0 Å². The van der Waals surface area contributed by atoms with E-state index in [2.05, 4.69) is 63.1 Å². The van der Waals surface area contributed by atoms with Crippen LogP contribution in [0.25, 0.3) is 0 Å². The molecule has 0 rings (SSSR count). The van der Waals surface area contributed by atoms with Gasteiger partial charge in [0.1, 0.15) is 16.6 Å². The number of hydrogen-bond donors (Lipinski definition) is 17. The third-order valence-corrected chi connectivity index (χ3v) is 10.1. The maximum absolute atomic E-state index is 12.2. The van der Waals surface area contributed by atoms with E-state index in [1.54, 1.807) is 0 Å². The average molecular weight is 793 g/mol. The van der Waals surface area contributed by atoms with Crippen LogP contribution >= 0.6 is 63.1 Å². The van der Waals surface area contributed by atoms with Crippen LogP contribution < -0.4 is 0 Å². The van der Waals surface area contributed by atoms with E-state index in [1.807, 2.05) is 0 Å².